The zero-order valence-corrected chi connectivity index (χ0v) is 20.1. The maximum absolute atomic E-state index is 12.8. The van der Waals surface area contributed by atoms with Crippen molar-refractivity contribution in [1.82, 2.24) is 0 Å². The summed E-state index contributed by atoms with van der Waals surface area (Å²) in [5.41, 5.74) is 0.389. The summed E-state index contributed by atoms with van der Waals surface area (Å²) in [4.78, 5) is 47.8. The van der Waals surface area contributed by atoms with Crippen LogP contribution in [0, 0.1) is 22.7 Å². The lowest BCUT2D eigenvalue weighted by Gasteiger charge is -2.58. The van der Waals surface area contributed by atoms with Crippen LogP contribution in [-0.2, 0) is 38.1 Å². The van der Waals surface area contributed by atoms with Gasteiger partial charge in [0.1, 0.15) is 6.61 Å². The van der Waals surface area contributed by atoms with Gasteiger partial charge in [0.05, 0.1) is 7.11 Å². The lowest BCUT2D eigenvalue weighted by molar-refractivity contribution is -0.172. The molecule has 8 heteroatoms. The minimum Gasteiger partial charge on any atom is -0.466 e. The number of esters is 4. The van der Waals surface area contributed by atoms with Crippen molar-refractivity contribution in [1.29, 1.82) is 0 Å². The predicted molar refractivity (Wildman–Crippen MR) is 117 cm³/mol. The lowest BCUT2D eigenvalue weighted by Crippen LogP contribution is -2.54. The third-order valence-electron chi connectivity index (χ3n) is 7.95. The number of cyclic esters (lactones) is 1. The van der Waals surface area contributed by atoms with E-state index in [0.717, 1.165) is 25.7 Å². The lowest BCUT2D eigenvalue weighted by atomic mass is 9.46. The number of carbonyl (C=O) groups is 4. The van der Waals surface area contributed by atoms with Crippen molar-refractivity contribution in [3.63, 3.8) is 0 Å². The molecule has 0 aromatic rings. The number of rotatable bonds is 7. The van der Waals surface area contributed by atoms with Gasteiger partial charge in [0.15, 0.2) is 0 Å². The Morgan fingerprint density at radius 2 is 1.91 bits per heavy atom. The maximum Gasteiger partial charge on any atom is 0.334 e. The van der Waals surface area contributed by atoms with Gasteiger partial charge in [-0.2, -0.15) is 0 Å². The van der Waals surface area contributed by atoms with E-state index in [1.165, 1.54) is 27.0 Å². The summed E-state index contributed by atoms with van der Waals surface area (Å²) >= 11 is 0. The van der Waals surface area contributed by atoms with Gasteiger partial charge < -0.3 is 18.9 Å². The van der Waals surface area contributed by atoms with Gasteiger partial charge in [-0.1, -0.05) is 19.9 Å². The van der Waals surface area contributed by atoms with Crippen LogP contribution in [0.5, 0.6) is 0 Å². The van der Waals surface area contributed by atoms with Crippen LogP contribution >= 0.6 is 0 Å². The van der Waals surface area contributed by atoms with Crippen molar-refractivity contribution < 1.29 is 38.1 Å². The summed E-state index contributed by atoms with van der Waals surface area (Å²) in [5, 5.41) is 0. The third kappa shape index (κ3) is 4.84. The fraction of sp³-hybridized carbons (Fsp3) is 0.680. The second kappa shape index (κ2) is 9.69. The Hall–Kier alpha value is -2.64. The molecule has 0 spiro atoms. The summed E-state index contributed by atoms with van der Waals surface area (Å²) in [6.45, 7) is 7.21. The first kappa shape index (κ1) is 25.0. The molecule has 0 amide bonds. The van der Waals surface area contributed by atoms with E-state index in [9.17, 15) is 19.2 Å². The van der Waals surface area contributed by atoms with Gasteiger partial charge in [0.2, 0.25) is 0 Å². The highest BCUT2D eigenvalue weighted by molar-refractivity contribution is 5.90. The highest BCUT2D eigenvalue weighted by atomic mass is 16.7. The van der Waals surface area contributed by atoms with Gasteiger partial charge >= 0.3 is 23.9 Å². The summed E-state index contributed by atoms with van der Waals surface area (Å²) in [7, 11) is 1.37. The molecule has 5 atom stereocenters. The SMILES string of the molecule is COC(=O)C1=CCC[C@H]2[C@@]1(COC(C)=O)CC[C@@H](C)[C@]2(C)CCC1=CC(=O)O[C@@H]1OC(C)=O. The van der Waals surface area contributed by atoms with Crippen LogP contribution in [0.25, 0.3) is 0 Å². The fourth-order valence-electron chi connectivity index (χ4n) is 6.07. The highest BCUT2D eigenvalue weighted by Crippen LogP contribution is 2.62. The normalized spacial score (nSPS) is 33.2. The number of allylic oxidation sites excluding steroid dienone is 1. The van der Waals surface area contributed by atoms with E-state index in [-0.39, 0.29) is 29.9 Å². The zero-order valence-electron chi connectivity index (χ0n) is 20.1. The molecule has 3 aliphatic rings. The Morgan fingerprint density at radius 1 is 1.18 bits per heavy atom. The van der Waals surface area contributed by atoms with E-state index in [4.69, 9.17) is 18.9 Å². The van der Waals surface area contributed by atoms with E-state index in [1.54, 1.807) is 0 Å². The molecule has 0 N–H and O–H groups in total. The van der Waals surface area contributed by atoms with E-state index in [2.05, 4.69) is 13.8 Å². The van der Waals surface area contributed by atoms with Crippen molar-refractivity contribution in [2.24, 2.45) is 22.7 Å². The van der Waals surface area contributed by atoms with Crippen LogP contribution in [0.1, 0.15) is 66.2 Å². The Bertz CT molecular complexity index is 887. The number of carbonyl (C=O) groups excluding carboxylic acids is 4. The van der Waals surface area contributed by atoms with Crippen molar-refractivity contribution in [2.75, 3.05) is 13.7 Å². The Kier molecular flexibility index (Phi) is 7.34. The van der Waals surface area contributed by atoms with Gasteiger partial charge in [-0.05, 0) is 55.8 Å². The number of fused-ring (bicyclic) bond motifs is 1. The molecule has 0 aromatic carbocycles. The van der Waals surface area contributed by atoms with Crippen LogP contribution < -0.4 is 0 Å². The Labute approximate surface area is 194 Å². The molecule has 0 bridgehead atoms. The standard InChI is InChI=1S/C25H34O8/c1-15-9-12-25(14-31-16(2)26)19(22(29)30-5)7-6-8-20(25)24(15,4)11-10-18-13-21(28)33-23(18)32-17(3)27/h7,13,15,20,23H,6,8-12,14H2,1-5H3/t15-,20-,23+,24+,25-/m1/s1. The average Bonchev–Trinajstić information content (AvgIpc) is 3.11. The van der Waals surface area contributed by atoms with Gasteiger partial charge in [0, 0.05) is 36.5 Å². The largest absolute Gasteiger partial charge is 0.466 e. The molecule has 1 aliphatic heterocycles. The predicted octanol–water partition coefficient (Wildman–Crippen LogP) is 3.63. The van der Waals surface area contributed by atoms with E-state index in [0.29, 0.717) is 29.9 Å². The van der Waals surface area contributed by atoms with Crippen LogP contribution in [-0.4, -0.2) is 43.9 Å². The van der Waals surface area contributed by atoms with Gasteiger partial charge in [-0.3, -0.25) is 9.59 Å². The van der Waals surface area contributed by atoms with Crippen molar-refractivity contribution in [3.05, 3.63) is 23.3 Å². The molecule has 8 nitrogen and oxygen atoms in total. The number of hydrogen-bond donors (Lipinski definition) is 0. The Balaban J connectivity index is 1.92. The zero-order chi connectivity index (χ0) is 24.4. The molecule has 1 fully saturated rings. The minimum atomic E-state index is -0.986. The van der Waals surface area contributed by atoms with Crippen molar-refractivity contribution in [3.8, 4) is 0 Å². The van der Waals surface area contributed by atoms with Crippen LogP contribution in [0.2, 0.25) is 0 Å². The molecule has 1 saturated carbocycles. The van der Waals surface area contributed by atoms with Crippen molar-refractivity contribution >= 4 is 23.9 Å². The molecule has 0 aromatic heterocycles. The molecule has 1 heterocycles. The molecule has 3 rings (SSSR count). The second-order valence-corrected chi connectivity index (χ2v) is 9.72. The Morgan fingerprint density at radius 3 is 2.55 bits per heavy atom. The first-order chi connectivity index (χ1) is 15.5. The molecular formula is C25H34O8. The maximum atomic E-state index is 12.8. The molecule has 0 unspecified atom stereocenters. The van der Waals surface area contributed by atoms with E-state index < -0.39 is 23.6 Å². The fourth-order valence-corrected chi connectivity index (χ4v) is 6.07. The van der Waals surface area contributed by atoms with Crippen LogP contribution in [0.15, 0.2) is 23.3 Å². The first-order valence-corrected chi connectivity index (χ1v) is 11.5. The molecule has 0 saturated heterocycles. The van der Waals surface area contributed by atoms with Gasteiger partial charge in [-0.15, -0.1) is 0 Å². The summed E-state index contributed by atoms with van der Waals surface area (Å²) in [6.07, 6.45) is 6.73. The van der Waals surface area contributed by atoms with Crippen LogP contribution in [0.4, 0.5) is 0 Å². The summed E-state index contributed by atoms with van der Waals surface area (Å²) in [6, 6.07) is 0. The topological polar surface area (TPSA) is 105 Å². The minimum absolute atomic E-state index is 0.0676. The van der Waals surface area contributed by atoms with E-state index >= 15 is 0 Å². The van der Waals surface area contributed by atoms with Crippen molar-refractivity contribution in [2.45, 2.75) is 72.5 Å². The van der Waals surface area contributed by atoms with Gasteiger partial charge in [-0.25, -0.2) is 9.59 Å². The highest BCUT2D eigenvalue weighted by Gasteiger charge is 2.58. The molecule has 33 heavy (non-hydrogen) atoms. The molecule has 182 valence electrons. The number of hydrogen-bond acceptors (Lipinski definition) is 8. The molecular weight excluding hydrogens is 428 g/mol. The van der Waals surface area contributed by atoms with Crippen LogP contribution in [0.3, 0.4) is 0 Å². The monoisotopic (exact) mass is 462 g/mol. The average molecular weight is 463 g/mol. The molecule has 2 aliphatic carbocycles. The second-order valence-electron chi connectivity index (χ2n) is 9.72. The summed E-state index contributed by atoms with van der Waals surface area (Å²) in [5.74, 6) is -1.39. The van der Waals surface area contributed by atoms with E-state index in [1.807, 2.05) is 6.08 Å². The smallest absolute Gasteiger partial charge is 0.334 e. The first-order valence-electron chi connectivity index (χ1n) is 11.5. The summed E-state index contributed by atoms with van der Waals surface area (Å²) < 4.78 is 20.9. The molecule has 0 radical (unpaired) electrons. The number of ether oxygens (including phenoxy) is 4. The third-order valence-corrected chi connectivity index (χ3v) is 7.95. The van der Waals surface area contributed by atoms with Gasteiger partial charge in [0.25, 0.3) is 6.29 Å². The number of methoxy groups -OCH3 is 1. The quantitative estimate of drug-likeness (QED) is 0.417.